The monoisotopic (exact) mass is 480 g/mol. The summed E-state index contributed by atoms with van der Waals surface area (Å²) in [6.45, 7) is 6.37. The minimum absolute atomic E-state index is 0.0437. The van der Waals surface area contributed by atoms with E-state index in [0.29, 0.717) is 5.57 Å². The molecule has 1 aromatic carbocycles. The van der Waals surface area contributed by atoms with Gasteiger partial charge in [-0.15, -0.1) is 0 Å². The number of aliphatic hydroxyl groups excluding tert-OH is 2. The SMILES string of the molecule is CC1=CC(=O)CC(C)(C)[C@@]1(O)C[C@@H]1O[C@H](COC(=O)c2cc(O)c(O)c(O)c2)[C@@H](O)[C@H](C)[C@H]1O. The standard InChI is InChI=1S/C24H32O10/c1-11-5-14(25)8-23(3,4)24(11,32)9-17-19(28)12(2)20(29)18(34-17)10-33-22(31)13-6-15(26)21(30)16(27)7-13/h5-7,12,17-20,26-30,32H,8-10H2,1-4H3/t12-,17+,18-,19-,20+,24-/m1/s1. The number of ether oxygens (including phenoxy) is 2. The molecule has 1 heterocycles. The van der Waals surface area contributed by atoms with Crippen LogP contribution in [0, 0.1) is 11.3 Å². The average Bonchev–Trinajstić information content (AvgIpc) is 2.74. The molecule has 0 unspecified atom stereocenters. The van der Waals surface area contributed by atoms with Gasteiger partial charge >= 0.3 is 5.97 Å². The van der Waals surface area contributed by atoms with Crippen LogP contribution in [0.25, 0.3) is 0 Å². The molecule has 34 heavy (non-hydrogen) atoms. The Kier molecular flexibility index (Phi) is 7.01. The van der Waals surface area contributed by atoms with Crippen LogP contribution in [-0.4, -0.2) is 79.0 Å². The van der Waals surface area contributed by atoms with E-state index in [4.69, 9.17) is 9.47 Å². The van der Waals surface area contributed by atoms with Gasteiger partial charge in [-0.1, -0.05) is 20.8 Å². The fourth-order valence-electron chi connectivity index (χ4n) is 4.79. The quantitative estimate of drug-likeness (QED) is 0.265. The number of rotatable bonds is 5. The van der Waals surface area contributed by atoms with E-state index >= 15 is 0 Å². The van der Waals surface area contributed by atoms with Crippen molar-refractivity contribution in [3.63, 3.8) is 0 Å². The van der Waals surface area contributed by atoms with E-state index in [-0.39, 0.29) is 24.2 Å². The Morgan fingerprint density at radius 3 is 2.24 bits per heavy atom. The van der Waals surface area contributed by atoms with E-state index in [0.717, 1.165) is 12.1 Å². The lowest BCUT2D eigenvalue weighted by atomic mass is 9.62. The van der Waals surface area contributed by atoms with Gasteiger partial charge in [-0.25, -0.2) is 4.79 Å². The summed E-state index contributed by atoms with van der Waals surface area (Å²) >= 11 is 0. The highest BCUT2D eigenvalue weighted by Crippen LogP contribution is 2.47. The van der Waals surface area contributed by atoms with Gasteiger partial charge in [0.05, 0.1) is 29.5 Å². The number of aliphatic hydroxyl groups is 3. The lowest BCUT2D eigenvalue weighted by Gasteiger charge is -2.50. The van der Waals surface area contributed by atoms with Gasteiger partial charge in [0.15, 0.2) is 23.0 Å². The minimum atomic E-state index is -1.45. The summed E-state index contributed by atoms with van der Waals surface area (Å²) in [7, 11) is 0. The molecule has 188 valence electrons. The molecule has 0 saturated carbocycles. The Morgan fingerprint density at radius 1 is 1.12 bits per heavy atom. The lowest BCUT2D eigenvalue weighted by Crippen LogP contribution is -2.59. The van der Waals surface area contributed by atoms with Gasteiger partial charge in [-0.3, -0.25) is 4.79 Å². The third kappa shape index (κ3) is 4.63. The molecule has 6 N–H and O–H groups in total. The topological polar surface area (TPSA) is 174 Å². The molecule has 0 amide bonds. The summed E-state index contributed by atoms with van der Waals surface area (Å²) in [6.07, 6.45) is -2.81. The van der Waals surface area contributed by atoms with Crippen LogP contribution in [0.4, 0.5) is 0 Å². The Morgan fingerprint density at radius 2 is 1.68 bits per heavy atom. The molecule has 10 heteroatoms. The van der Waals surface area contributed by atoms with Gasteiger partial charge in [0.25, 0.3) is 0 Å². The molecule has 3 rings (SSSR count). The van der Waals surface area contributed by atoms with E-state index in [2.05, 4.69) is 0 Å². The second kappa shape index (κ2) is 9.18. The molecule has 1 saturated heterocycles. The van der Waals surface area contributed by atoms with E-state index in [1.807, 2.05) is 0 Å². The van der Waals surface area contributed by atoms with Crippen LogP contribution in [0.3, 0.4) is 0 Å². The molecule has 0 bridgehead atoms. The molecule has 10 nitrogen and oxygen atoms in total. The highest BCUT2D eigenvalue weighted by Gasteiger charge is 2.53. The first-order valence-corrected chi connectivity index (χ1v) is 11.1. The molecular weight excluding hydrogens is 448 g/mol. The molecule has 1 fully saturated rings. The van der Waals surface area contributed by atoms with E-state index in [1.165, 1.54) is 6.08 Å². The van der Waals surface area contributed by atoms with Crippen molar-refractivity contribution in [1.29, 1.82) is 0 Å². The third-order valence-corrected chi connectivity index (χ3v) is 7.14. The van der Waals surface area contributed by atoms with Crippen LogP contribution in [-0.2, 0) is 14.3 Å². The average molecular weight is 481 g/mol. The van der Waals surface area contributed by atoms with Crippen molar-refractivity contribution in [1.82, 2.24) is 0 Å². The van der Waals surface area contributed by atoms with Crippen molar-refractivity contribution >= 4 is 11.8 Å². The fourth-order valence-corrected chi connectivity index (χ4v) is 4.79. The zero-order chi connectivity index (χ0) is 25.6. The second-order valence-corrected chi connectivity index (χ2v) is 9.93. The zero-order valence-corrected chi connectivity index (χ0v) is 19.6. The Bertz CT molecular complexity index is 976. The summed E-state index contributed by atoms with van der Waals surface area (Å²) in [5.74, 6) is -3.91. The number of esters is 1. The summed E-state index contributed by atoms with van der Waals surface area (Å²) in [5, 5.41) is 61.4. The van der Waals surface area contributed by atoms with Gasteiger partial charge in [-0.2, -0.15) is 0 Å². The van der Waals surface area contributed by atoms with Crippen LogP contribution >= 0.6 is 0 Å². The highest BCUT2D eigenvalue weighted by molar-refractivity contribution is 5.92. The number of carbonyl (C=O) groups is 2. The molecule has 1 aliphatic heterocycles. The summed E-state index contributed by atoms with van der Waals surface area (Å²) in [5.41, 5.74) is -2.04. The van der Waals surface area contributed by atoms with Gasteiger partial charge < -0.3 is 40.1 Å². The number of phenols is 3. The molecule has 6 atom stereocenters. The number of hydrogen-bond acceptors (Lipinski definition) is 10. The summed E-state index contributed by atoms with van der Waals surface area (Å²) in [6, 6.07) is 1.84. The lowest BCUT2D eigenvalue weighted by molar-refractivity contribution is -0.222. The van der Waals surface area contributed by atoms with Crippen LogP contribution in [0.2, 0.25) is 0 Å². The predicted molar refractivity (Wildman–Crippen MR) is 118 cm³/mol. The maximum Gasteiger partial charge on any atom is 0.338 e. The van der Waals surface area contributed by atoms with Gasteiger partial charge in [-0.05, 0) is 30.7 Å². The van der Waals surface area contributed by atoms with E-state index in [9.17, 15) is 40.2 Å². The van der Waals surface area contributed by atoms with Crippen molar-refractivity contribution in [2.24, 2.45) is 11.3 Å². The van der Waals surface area contributed by atoms with Crippen LogP contribution in [0.1, 0.15) is 50.9 Å². The highest BCUT2D eigenvalue weighted by atomic mass is 16.6. The van der Waals surface area contributed by atoms with Crippen molar-refractivity contribution in [3.8, 4) is 17.2 Å². The molecule has 1 aromatic rings. The number of carbonyl (C=O) groups excluding carboxylic acids is 2. The van der Waals surface area contributed by atoms with Gasteiger partial charge in [0.2, 0.25) is 0 Å². The van der Waals surface area contributed by atoms with Crippen molar-refractivity contribution in [3.05, 3.63) is 29.3 Å². The van der Waals surface area contributed by atoms with Crippen molar-refractivity contribution in [2.45, 2.75) is 70.6 Å². The normalized spacial score (nSPS) is 33.3. The number of allylic oxidation sites excluding steroid dienone is 1. The first-order valence-electron chi connectivity index (χ1n) is 11.1. The Hall–Kier alpha value is -2.66. The summed E-state index contributed by atoms with van der Waals surface area (Å²) < 4.78 is 11.1. The third-order valence-electron chi connectivity index (χ3n) is 7.14. The Balaban J connectivity index is 1.76. The molecular formula is C24H32O10. The molecule has 2 aliphatic rings. The van der Waals surface area contributed by atoms with Gasteiger partial charge in [0.1, 0.15) is 12.7 Å². The molecule has 0 radical (unpaired) electrons. The number of ketones is 1. The van der Waals surface area contributed by atoms with Gasteiger partial charge in [0, 0.05) is 24.2 Å². The number of aromatic hydroxyl groups is 3. The number of phenolic OH excluding ortho intramolecular Hbond substituents is 3. The maximum absolute atomic E-state index is 12.4. The Labute approximate surface area is 197 Å². The molecule has 0 aromatic heterocycles. The maximum atomic E-state index is 12.4. The van der Waals surface area contributed by atoms with E-state index < -0.39 is 71.2 Å². The van der Waals surface area contributed by atoms with Crippen molar-refractivity contribution in [2.75, 3.05) is 6.61 Å². The zero-order valence-electron chi connectivity index (χ0n) is 19.6. The molecule has 1 aliphatic carbocycles. The first-order chi connectivity index (χ1) is 15.7. The fraction of sp³-hybridized carbons (Fsp3) is 0.583. The predicted octanol–water partition coefficient (Wildman–Crippen LogP) is 1.15. The minimum Gasteiger partial charge on any atom is -0.504 e. The smallest absolute Gasteiger partial charge is 0.338 e. The largest absolute Gasteiger partial charge is 0.504 e. The van der Waals surface area contributed by atoms with E-state index in [1.54, 1.807) is 27.7 Å². The van der Waals surface area contributed by atoms with Crippen LogP contribution < -0.4 is 0 Å². The first kappa shape index (κ1) is 26.0. The molecule has 0 spiro atoms. The van der Waals surface area contributed by atoms with Crippen molar-refractivity contribution < 1.29 is 49.7 Å². The van der Waals surface area contributed by atoms with Crippen LogP contribution in [0.5, 0.6) is 17.2 Å². The van der Waals surface area contributed by atoms with Crippen LogP contribution in [0.15, 0.2) is 23.8 Å². The second-order valence-electron chi connectivity index (χ2n) is 9.93. The summed E-state index contributed by atoms with van der Waals surface area (Å²) in [4.78, 5) is 24.4. The number of hydrogen-bond donors (Lipinski definition) is 6. The number of benzene rings is 1.